The molecule has 0 radical (unpaired) electrons. The van der Waals surface area contributed by atoms with Crippen molar-refractivity contribution in [3.8, 4) is 0 Å². The maximum Gasteiger partial charge on any atom is 0.255 e. The molecule has 2 aromatic heterocycles. The first-order valence-corrected chi connectivity index (χ1v) is 8.93. The molecule has 2 N–H and O–H groups in total. The molecule has 1 amide bonds. The van der Waals surface area contributed by atoms with E-state index in [9.17, 15) is 4.79 Å². The van der Waals surface area contributed by atoms with Gasteiger partial charge in [-0.15, -0.1) is 0 Å². The molecule has 1 atom stereocenters. The zero-order valence-corrected chi connectivity index (χ0v) is 14.9. The van der Waals surface area contributed by atoms with Gasteiger partial charge in [0, 0.05) is 24.7 Å². The molecular formula is C20H23N5O. The smallest absolute Gasteiger partial charge is 0.255 e. The van der Waals surface area contributed by atoms with Crippen LogP contribution in [0.3, 0.4) is 0 Å². The molecule has 1 unspecified atom stereocenters. The monoisotopic (exact) mass is 349 g/mol. The third-order valence-electron chi connectivity index (χ3n) is 5.24. The zero-order chi connectivity index (χ0) is 18.1. The fourth-order valence-electron chi connectivity index (χ4n) is 3.51. The van der Waals surface area contributed by atoms with E-state index in [1.807, 2.05) is 33.8 Å². The number of hydrogen-bond donors (Lipinski definition) is 1. The fraction of sp³-hybridized carbons (Fsp3) is 0.350. The number of benzene rings is 1. The van der Waals surface area contributed by atoms with Gasteiger partial charge in [0.15, 0.2) is 5.65 Å². The van der Waals surface area contributed by atoms with Crippen molar-refractivity contribution in [2.45, 2.75) is 19.9 Å². The lowest BCUT2D eigenvalue weighted by atomic mass is 9.90. The topological polar surface area (TPSA) is 77.0 Å². The molecule has 6 nitrogen and oxygen atoms in total. The van der Waals surface area contributed by atoms with E-state index in [4.69, 9.17) is 5.73 Å². The summed E-state index contributed by atoms with van der Waals surface area (Å²) in [5.41, 5.74) is 8.43. The Hall–Kier alpha value is -2.73. The van der Waals surface area contributed by atoms with E-state index in [1.54, 1.807) is 12.4 Å². The van der Waals surface area contributed by atoms with Crippen molar-refractivity contribution in [3.63, 3.8) is 0 Å². The fourth-order valence-corrected chi connectivity index (χ4v) is 3.51. The van der Waals surface area contributed by atoms with Crippen LogP contribution in [0.4, 0.5) is 0 Å². The molecule has 0 bridgehead atoms. The van der Waals surface area contributed by atoms with Crippen LogP contribution in [0.5, 0.6) is 0 Å². The molecule has 4 rings (SSSR count). The number of amides is 1. The van der Waals surface area contributed by atoms with Crippen molar-refractivity contribution >= 4 is 16.9 Å². The van der Waals surface area contributed by atoms with Crippen LogP contribution in [0, 0.1) is 5.41 Å². The first kappa shape index (κ1) is 16.7. The largest absolute Gasteiger partial charge is 0.338 e. The van der Waals surface area contributed by atoms with Crippen molar-refractivity contribution in [2.75, 3.05) is 19.6 Å². The molecule has 1 saturated heterocycles. The summed E-state index contributed by atoms with van der Waals surface area (Å²) in [7, 11) is 0. The normalized spacial score (nSPS) is 20.0. The van der Waals surface area contributed by atoms with E-state index in [0.29, 0.717) is 25.2 Å². The van der Waals surface area contributed by atoms with Crippen molar-refractivity contribution < 1.29 is 4.79 Å². The summed E-state index contributed by atoms with van der Waals surface area (Å²) >= 11 is 0. The number of aromatic nitrogens is 3. The molecule has 1 aliphatic rings. The molecule has 1 aliphatic heterocycles. The number of nitrogens with two attached hydrogens (primary N) is 1. The Morgan fingerprint density at radius 1 is 1.27 bits per heavy atom. The highest BCUT2D eigenvalue weighted by Crippen LogP contribution is 2.29. The first-order valence-electron chi connectivity index (χ1n) is 8.93. The maximum atomic E-state index is 12.8. The Kier molecular flexibility index (Phi) is 4.20. The molecular weight excluding hydrogens is 326 g/mol. The average molecular weight is 349 g/mol. The second kappa shape index (κ2) is 6.53. The molecule has 0 spiro atoms. The minimum atomic E-state index is 0.0207. The van der Waals surface area contributed by atoms with Crippen LogP contribution in [0.2, 0.25) is 0 Å². The Morgan fingerprint density at radius 3 is 2.81 bits per heavy atom. The Labute approximate surface area is 152 Å². The van der Waals surface area contributed by atoms with Gasteiger partial charge in [0.1, 0.15) is 0 Å². The molecule has 1 aromatic carbocycles. The highest BCUT2D eigenvalue weighted by Gasteiger charge is 2.35. The number of rotatable bonds is 4. The van der Waals surface area contributed by atoms with Crippen LogP contribution in [0.1, 0.15) is 29.3 Å². The summed E-state index contributed by atoms with van der Waals surface area (Å²) in [4.78, 5) is 19.2. The predicted octanol–water partition coefficient (Wildman–Crippen LogP) is 2.29. The van der Waals surface area contributed by atoms with E-state index in [0.717, 1.165) is 29.6 Å². The highest BCUT2D eigenvalue weighted by molar-refractivity contribution is 5.97. The van der Waals surface area contributed by atoms with Gasteiger partial charge < -0.3 is 10.6 Å². The van der Waals surface area contributed by atoms with Gasteiger partial charge >= 0.3 is 0 Å². The standard InChI is InChI=1S/C20H23N5O/c1-20(13-21)7-8-24(14-20)19(26)17-9-16-11-23-25(18(16)22-10-17)12-15-5-3-2-4-6-15/h2-6,9-11H,7-8,12-14,21H2,1H3. The van der Waals surface area contributed by atoms with Gasteiger partial charge in [-0.1, -0.05) is 37.3 Å². The predicted molar refractivity (Wildman–Crippen MR) is 101 cm³/mol. The van der Waals surface area contributed by atoms with Crippen LogP contribution >= 0.6 is 0 Å². The molecule has 134 valence electrons. The van der Waals surface area contributed by atoms with Crippen LogP contribution in [0.25, 0.3) is 11.0 Å². The summed E-state index contributed by atoms with van der Waals surface area (Å²) in [6.45, 7) is 4.84. The van der Waals surface area contributed by atoms with Crippen LogP contribution < -0.4 is 5.73 Å². The summed E-state index contributed by atoms with van der Waals surface area (Å²) in [5, 5.41) is 5.32. The third kappa shape index (κ3) is 3.08. The van der Waals surface area contributed by atoms with Gasteiger partial charge in [-0.3, -0.25) is 4.79 Å². The molecule has 3 aromatic rings. The number of carbonyl (C=O) groups excluding carboxylic acids is 1. The lowest BCUT2D eigenvalue weighted by Gasteiger charge is -2.22. The Bertz CT molecular complexity index is 936. The summed E-state index contributed by atoms with van der Waals surface area (Å²) in [6.07, 6.45) is 4.38. The van der Waals surface area contributed by atoms with Gasteiger partial charge in [-0.05, 0) is 30.0 Å². The molecule has 6 heteroatoms. The number of nitrogens with zero attached hydrogens (tertiary/aromatic N) is 4. The van der Waals surface area contributed by atoms with E-state index in [2.05, 4.69) is 29.1 Å². The number of hydrogen-bond acceptors (Lipinski definition) is 4. The highest BCUT2D eigenvalue weighted by atomic mass is 16.2. The summed E-state index contributed by atoms with van der Waals surface area (Å²) < 4.78 is 1.86. The van der Waals surface area contributed by atoms with E-state index < -0.39 is 0 Å². The van der Waals surface area contributed by atoms with E-state index in [1.165, 1.54) is 0 Å². The quantitative estimate of drug-likeness (QED) is 0.784. The Morgan fingerprint density at radius 2 is 2.08 bits per heavy atom. The first-order chi connectivity index (χ1) is 12.6. The second-order valence-electron chi connectivity index (χ2n) is 7.42. The van der Waals surface area contributed by atoms with E-state index in [-0.39, 0.29) is 11.3 Å². The number of likely N-dealkylation sites (tertiary alicyclic amines) is 1. The lowest BCUT2D eigenvalue weighted by Crippen LogP contribution is -2.34. The number of carbonyl (C=O) groups is 1. The molecule has 1 fully saturated rings. The van der Waals surface area contributed by atoms with Crippen LogP contribution in [-0.2, 0) is 6.54 Å². The van der Waals surface area contributed by atoms with Crippen molar-refractivity contribution in [1.29, 1.82) is 0 Å². The molecule has 0 aliphatic carbocycles. The van der Waals surface area contributed by atoms with Crippen molar-refractivity contribution in [3.05, 3.63) is 59.9 Å². The van der Waals surface area contributed by atoms with E-state index >= 15 is 0 Å². The average Bonchev–Trinajstić information content (AvgIpc) is 3.26. The van der Waals surface area contributed by atoms with Crippen LogP contribution in [0.15, 0.2) is 48.8 Å². The molecule has 3 heterocycles. The van der Waals surface area contributed by atoms with Gasteiger partial charge in [-0.25, -0.2) is 9.67 Å². The molecule has 0 saturated carbocycles. The maximum absolute atomic E-state index is 12.8. The van der Waals surface area contributed by atoms with Gasteiger partial charge in [0.05, 0.1) is 18.3 Å². The number of pyridine rings is 1. The minimum Gasteiger partial charge on any atom is -0.338 e. The van der Waals surface area contributed by atoms with Crippen molar-refractivity contribution in [1.82, 2.24) is 19.7 Å². The second-order valence-corrected chi connectivity index (χ2v) is 7.42. The van der Waals surface area contributed by atoms with Crippen molar-refractivity contribution in [2.24, 2.45) is 11.1 Å². The summed E-state index contributed by atoms with van der Waals surface area (Å²) in [6, 6.07) is 12.0. The minimum absolute atomic E-state index is 0.0207. The summed E-state index contributed by atoms with van der Waals surface area (Å²) in [5.74, 6) is 0.0207. The molecule has 26 heavy (non-hydrogen) atoms. The zero-order valence-electron chi connectivity index (χ0n) is 14.9. The Balaban J connectivity index is 1.56. The van der Waals surface area contributed by atoms with Gasteiger partial charge in [0.25, 0.3) is 5.91 Å². The lowest BCUT2D eigenvalue weighted by molar-refractivity contribution is 0.0776. The number of fused-ring (bicyclic) bond motifs is 1. The third-order valence-corrected chi connectivity index (χ3v) is 5.24. The van der Waals surface area contributed by atoms with Crippen LogP contribution in [-0.4, -0.2) is 45.2 Å². The van der Waals surface area contributed by atoms with Gasteiger partial charge in [0.2, 0.25) is 0 Å². The van der Waals surface area contributed by atoms with Gasteiger partial charge in [-0.2, -0.15) is 5.10 Å². The SMILES string of the molecule is CC1(CN)CCN(C(=O)c2cnc3c(cnn3Cc3ccccc3)c2)C1.